The first-order valence-corrected chi connectivity index (χ1v) is 8.63. The van der Waals surface area contributed by atoms with Gasteiger partial charge in [0, 0.05) is 18.1 Å². The largest absolute Gasteiger partial charge is 0.368 e. The van der Waals surface area contributed by atoms with Gasteiger partial charge in [0.25, 0.3) is 0 Å². The third kappa shape index (κ3) is 5.26. The van der Waals surface area contributed by atoms with Crippen LogP contribution in [-0.4, -0.2) is 41.0 Å². The fraction of sp³-hybridized carbons (Fsp3) is 0.941. The van der Waals surface area contributed by atoms with Gasteiger partial charge in [-0.1, -0.05) is 19.8 Å². The average Bonchev–Trinajstić information content (AvgIpc) is 2.62. The van der Waals surface area contributed by atoms with E-state index in [2.05, 4.69) is 37.9 Å². The van der Waals surface area contributed by atoms with Crippen LogP contribution in [0.5, 0.6) is 0 Å². The van der Waals surface area contributed by atoms with Crippen molar-refractivity contribution < 1.29 is 4.79 Å². The van der Waals surface area contributed by atoms with Crippen molar-refractivity contribution in [2.45, 2.75) is 96.8 Å². The molecule has 3 N–H and O–H groups in total. The van der Waals surface area contributed by atoms with Gasteiger partial charge in [-0.3, -0.25) is 9.69 Å². The van der Waals surface area contributed by atoms with Crippen molar-refractivity contribution >= 4 is 5.91 Å². The van der Waals surface area contributed by atoms with Crippen LogP contribution in [0.25, 0.3) is 0 Å². The normalized spacial score (nSPS) is 25.3. The molecule has 0 aromatic carbocycles. The van der Waals surface area contributed by atoms with E-state index >= 15 is 0 Å². The number of rotatable bonds is 7. The first kappa shape index (κ1) is 18.4. The molecule has 3 atom stereocenters. The molecule has 3 unspecified atom stereocenters. The van der Waals surface area contributed by atoms with Crippen LogP contribution in [-0.2, 0) is 4.79 Å². The first-order valence-electron chi connectivity index (χ1n) is 8.63. The number of carbonyl (C=O) groups excluding carboxylic acids is 1. The Hall–Kier alpha value is -0.610. The highest BCUT2D eigenvalue weighted by molar-refractivity contribution is 5.84. The third-order valence-electron chi connectivity index (χ3n) is 4.81. The standard InChI is InChI=1S/C17H35N3O/c1-6-15-10-8-7-9-11-20(15)14(4)12-17(5,16(18)21)19-13(2)3/h13-15,19H,6-12H2,1-5H3,(H2,18,21). The van der Waals surface area contributed by atoms with E-state index in [0.29, 0.717) is 12.1 Å². The molecular formula is C17H35N3O. The van der Waals surface area contributed by atoms with E-state index in [9.17, 15) is 4.79 Å². The van der Waals surface area contributed by atoms with Crippen molar-refractivity contribution in [2.75, 3.05) is 6.54 Å². The summed E-state index contributed by atoms with van der Waals surface area (Å²) in [6, 6.07) is 1.27. The number of nitrogens with zero attached hydrogens (tertiary/aromatic N) is 1. The maximum absolute atomic E-state index is 11.9. The minimum atomic E-state index is -0.627. The summed E-state index contributed by atoms with van der Waals surface area (Å²) < 4.78 is 0. The van der Waals surface area contributed by atoms with Gasteiger partial charge in [-0.25, -0.2) is 0 Å². The quantitative estimate of drug-likeness (QED) is 0.759. The molecule has 1 amide bonds. The van der Waals surface area contributed by atoms with E-state index < -0.39 is 5.54 Å². The molecule has 0 spiro atoms. The van der Waals surface area contributed by atoms with Crippen LogP contribution in [0.2, 0.25) is 0 Å². The van der Waals surface area contributed by atoms with Crippen molar-refractivity contribution in [2.24, 2.45) is 5.73 Å². The van der Waals surface area contributed by atoms with E-state index in [1.807, 2.05) is 6.92 Å². The van der Waals surface area contributed by atoms with Crippen LogP contribution < -0.4 is 11.1 Å². The summed E-state index contributed by atoms with van der Waals surface area (Å²) in [5.74, 6) is -0.245. The number of primary amides is 1. The smallest absolute Gasteiger partial charge is 0.237 e. The molecule has 0 radical (unpaired) electrons. The zero-order valence-electron chi connectivity index (χ0n) is 14.6. The van der Waals surface area contributed by atoms with Gasteiger partial charge < -0.3 is 11.1 Å². The Kier molecular flexibility index (Phi) is 7.14. The van der Waals surface area contributed by atoms with Gasteiger partial charge in [0.1, 0.15) is 0 Å². The van der Waals surface area contributed by atoms with Crippen molar-refractivity contribution in [1.29, 1.82) is 0 Å². The minimum absolute atomic E-state index is 0.245. The first-order chi connectivity index (χ1) is 9.80. The fourth-order valence-corrected chi connectivity index (χ4v) is 3.79. The van der Waals surface area contributed by atoms with Crippen molar-refractivity contribution in [3.05, 3.63) is 0 Å². The molecule has 0 aromatic rings. The Morgan fingerprint density at radius 1 is 1.33 bits per heavy atom. The molecule has 1 fully saturated rings. The summed E-state index contributed by atoms with van der Waals surface area (Å²) in [5.41, 5.74) is 5.05. The summed E-state index contributed by atoms with van der Waals surface area (Å²) in [4.78, 5) is 14.5. The second-order valence-electron chi connectivity index (χ2n) is 7.20. The number of amides is 1. The lowest BCUT2D eigenvalue weighted by Gasteiger charge is -2.40. The van der Waals surface area contributed by atoms with Crippen LogP contribution in [0.4, 0.5) is 0 Å². The van der Waals surface area contributed by atoms with Gasteiger partial charge in [-0.15, -0.1) is 0 Å². The maximum Gasteiger partial charge on any atom is 0.237 e. The van der Waals surface area contributed by atoms with Crippen molar-refractivity contribution in [3.8, 4) is 0 Å². The molecule has 0 aromatic heterocycles. The van der Waals surface area contributed by atoms with Crippen LogP contribution in [0, 0.1) is 0 Å². The number of hydrogen-bond acceptors (Lipinski definition) is 3. The summed E-state index contributed by atoms with van der Waals surface area (Å²) in [5, 5.41) is 3.37. The van der Waals surface area contributed by atoms with Crippen LogP contribution in [0.15, 0.2) is 0 Å². The Labute approximate surface area is 130 Å². The Morgan fingerprint density at radius 2 is 2.00 bits per heavy atom. The van der Waals surface area contributed by atoms with Gasteiger partial charge in [-0.05, 0) is 59.9 Å². The lowest BCUT2D eigenvalue weighted by molar-refractivity contribution is -0.125. The number of carbonyl (C=O) groups is 1. The number of nitrogens with two attached hydrogens (primary N) is 1. The predicted octanol–water partition coefficient (Wildman–Crippen LogP) is 2.66. The minimum Gasteiger partial charge on any atom is -0.368 e. The van der Waals surface area contributed by atoms with E-state index in [4.69, 9.17) is 5.73 Å². The molecule has 1 heterocycles. The molecule has 4 nitrogen and oxygen atoms in total. The van der Waals surface area contributed by atoms with Crippen LogP contribution >= 0.6 is 0 Å². The zero-order chi connectivity index (χ0) is 16.0. The highest BCUT2D eigenvalue weighted by Gasteiger charge is 2.36. The molecule has 0 bridgehead atoms. The molecule has 4 heteroatoms. The molecule has 21 heavy (non-hydrogen) atoms. The van der Waals surface area contributed by atoms with E-state index in [1.54, 1.807) is 0 Å². The van der Waals surface area contributed by atoms with E-state index in [-0.39, 0.29) is 11.9 Å². The van der Waals surface area contributed by atoms with E-state index in [1.165, 1.54) is 32.1 Å². The Balaban J connectivity index is 2.79. The lowest BCUT2D eigenvalue weighted by Crippen LogP contribution is -2.58. The highest BCUT2D eigenvalue weighted by Crippen LogP contribution is 2.25. The summed E-state index contributed by atoms with van der Waals surface area (Å²) in [6.07, 6.45) is 7.18. The second kappa shape index (κ2) is 8.14. The number of hydrogen-bond donors (Lipinski definition) is 2. The molecule has 0 saturated carbocycles. The second-order valence-corrected chi connectivity index (χ2v) is 7.20. The Morgan fingerprint density at radius 3 is 2.52 bits per heavy atom. The van der Waals surface area contributed by atoms with Gasteiger partial charge >= 0.3 is 0 Å². The van der Waals surface area contributed by atoms with E-state index in [0.717, 1.165) is 13.0 Å². The topological polar surface area (TPSA) is 58.4 Å². The monoisotopic (exact) mass is 297 g/mol. The third-order valence-corrected chi connectivity index (χ3v) is 4.81. The molecular weight excluding hydrogens is 262 g/mol. The molecule has 1 rings (SSSR count). The summed E-state index contributed by atoms with van der Waals surface area (Å²) >= 11 is 0. The van der Waals surface area contributed by atoms with Crippen molar-refractivity contribution in [1.82, 2.24) is 10.2 Å². The van der Waals surface area contributed by atoms with Crippen molar-refractivity contribution in [3.63, 3.8) is 0 Å². The number of nitrogens with one attached hydrogen (secondary N) is 1. The van der Waals surface area contributed by atoms with Gasteiger partial charge in [0.15, 0.2) is 0 Å². The lowest BCUT2D eigenvalue weighted by atomic mass is 9.90. The predicted molar refractivity (Wildman–Crippen MR) is 89.2 cm³/mol. The average molecular weight is 297 g/mol. The summed E-state index contributed by atoms with van der Waals surface area (Å²) in [7, 11) is 0. The fourth-order valence-electron chi connectivity index (χ4n) is 3.79. The molecule has 1 aliphatic rings. The highest BCUT2D eigenvalue weighted by atomic mass is 16.1. The molecule has 1 aliphatic heterocycles. The van der Waals surface area contributed by atoms with Crippen LogP contribution in [0.3, 0.4) is 0 Å². The van der Waals surface area contributed by atoms with Gasteiger partial charge in [0.2, 0.25) is 5.91 Å². The zero-order valence-corrected chi connectivity index (χ0v) is 14.6. The SMILES string of the molecule is CCC1CCCCCN1C(C)CC(C)(NC(C)C)C(N)=O. The van der Waals surface area contributed by atoms with Gasteiger partial charge in [0.05, 0.1) is 5.54 Å². The summed E-state index contributed by atoms with van der Waals surface area (Å²) in [6.45, 7) is 11.7. The van der Waals surface area contributed by atoms with Crippen LogP contribution in [0.1, 0.15) is 73.1 Å². The van der Waals surface area contributed by atoms with Gasteiger partial charge in [-0.2, -0.15) is 0 Å². The number of likely N-dealkylation sites (tertiary alicyclic amines) is 1. The maximum atomic E-state index is 11.9. The molecule has 0 aliphatic carbocycles. The Bertz CT molecular complexity index is 332. The molecule has 1 saturated heterocycles. The molecule has 124 valence electrons.